The first-order chi connectivity index (χ1) is 7.13. The minimum absolute atomic E-state index is 0.0140. The summed E-state index contributed by atoms with van der Waals surface area (Å²) in [6.07, 6.45) is -2.79. The fraction of sp³-hybridized carbons (Fsp3) is 0.333. The Labute approximate surface area is 85.3 Å². The van der Waals surface area contributed by atoms with Gasteiger partial charge in [0, 0.05) is 12.1 Å². The van der Waals surface area contributed by atoms with E-state index in [0.29, 0.717) is 5.56 Å². The Bertz CT molecular complexity index is 401. The number of ether oxygens (including phenoxy) is 1. The summed E-state index contributed by atoms with van der Waals surface area (Å²) in [5.41, 5.74) is 5.07. The highest BCUT2D eigenvalue weighted by atomic mass is 19.3. The van der Waals surface area contributed by atoms with Gasteiger partial charge in [-0.3, -0.25) is 0 Å². The van der Waals surface area contributed by atoms with Crippen LogP contribution in [0, 0.1) is 11.3 Å². The average molecular weight is 213 g/mol. The number of methoxy groups -OCH3 is 1. The lowest BCUT2D eigenvalue weighted by Gasteiger charge is -2.11. The molecule has 0 fully saturated rings. The maximum atomic E-state index is 12.6. The van der Waals surface area contributed by atoms with Crippen LogP contribution in [0.4, 0.5) is 8.78 Å². The van der Waals surface area contributed by atoms with E-state index >= 15 is 0 Å². The van der Waals surface area contributed by atoms with Gasteiger partial charge in [0.2, 0.25) is 0 Å². The molecule has 1 heterocycles. The average Bonchev–Trinajstić information content (AvgIpc) is 2.26. The summed E-state index contributed by atoms with van der Waals surface area (Å²) in [7, 11) is 1.26. The van der Waals surface area contributed by atoms with Crippen molar-refractivity contribution in [2.24, 2.45) is 5.73 Å². The molecule has 6 heteroatoms. The third-order valence-corrected chi connectivity index (χ3v) is 1.82. The molecule has 0 saturated carbocycles. The van der Waals surface area contributed by atoms with Crippen LogP contribution in [0.15, 0.2) is 6.07 Å². The summed E-state index contributed by atoms with van der Waals surface area (Å²) in [4.78, 5) is 3.48. The first-order valence-electron chi connectivity index (χ1n) is 4.10. The monoisotopic (exact) mass is 213 g/mol. The molecule has 4 nitrogen and oxygen atoms in total. The fourth-order valence-corrected chi connectivity index (χ4v) is 1.20. The molecule has 0 amide bonds. The maximum absolute atomic E-state index is 12.6. The van der Waals surface area contributed by atoms with E-state index in [4.69, 9.17) is 15.7 Å². The van der Waals surface area contributed by atoms with Gasteiger partial charge < -0.3 is 10.5 Å². The number of nitriles is 1. The largest absolute Gasteiger partial charge is 0.494 e. The summed E-state index contributed by atoms with van der Waals surface area (Å²) in [5.74, 6) is -0.0495. The molecule has 0 spiro atoms. The van der Waals surface area contributed by atoms with Crippen LogP contribution in [0.5, 0.6) is 5.75 Å². The lowest BCUT2D eigenvalue weighted by Crippen LogP contribution is -2.06. The Morgan fingerprint density at radius 2 is 2.33 bits per heavy atom. The van der Waals surface area contributed by atoms with Gasteiger partial charge in [0.1, 0.15) is 17.5 Å². The van der Waals surface area contributed by atoms with E-state index in [1.54, 1.807) is 6.07 Å². The van der Waals surface area contributed by atoms with Gasteiger partial charge in [0.25, 0.3) is 6.43 Å². The van der Waals surface area contributed by atoms with E-state index in [-0.39, 0.29) is 18.0 Å². The van der Waals surface area contributed by atoms with Crippen molar-refractivity contribution in [1.29, 1.82) is 5.26 Å². The molecule has 0 aliphatic heterocycles. The minimum atomic E-state index is -2.79. The van der Waals surface area contributed by atoms with Gasteiger partial charge in [-0.2, -0.15) is 5.26 Å². The standard InChI is InChI=1S/C9H9F2N3O/c1-15-8-5(3-12)2-6(4-13)14-7(8)9(10)11/h2,9H,3,12H2,1H3. The number of nitrogens with two attached hydrogens (primary N) is 1. The van der Waals surface area contributed by atoms with Gasteiger partial charge in [-0.05, 0) is 6.07 Å². The SMILES string of the molecule is COc1c(CN)cc(C#N)nc1C(F)F. The Morgan fingerprint density at radius 1 is 1.67 bits per heavy atom. The van der Waals surface area contributed by atoms with Crippen LogP contribution in [0.2, 0.25) is 0 Å². The zero-order valence-corrected chi connectivity index (χ0v) is 8.00. The molecular weight excluding hydrogens is 204 g/mol. The molecule has 0 aliphatic rings. The van der Waals surface area contributed by atoms with E-state index in [0.717, 1.165) is 0 Å². The van der Waals surface area contributed by atoms with Crippen molar-refractivity contribution in [3.8, 4) is 11.8 Å². The smallest absolute Gasteiger partial charge is 0.284 e. The van der Waals surface area contributed by atoms with Gasteiger partial charge in [-0.25, -0.2) is 13.8 Å². The summed E-state index contributed by atoms with van der Waals surface area (Å²) >= 11 is 0. The van der Waals surface area contributed by atoms with Crippen LogP contribution < -0.4 is 10.5 Å². The van der Waals surface area contributed by atoms with Gasteiger partial charge in [0.15, 0.2) is 5.75 Å². The van der Waals surface area contributed by atoms with Crippen LogP contribution in [0.3, 0.4) is 0 Å². The van der Waals surface area contributed by atoms with Crippen molar-refractivity contribution in [3.05, 3.63) is 23.0 Å². The molecule has 0 unspecified atom stereocenters. The van der Waals surface area contributed by atoms with Gasteiger partial charge in [0.05, 0.1) is 7.11 Å². The second kappa shape index (κ2) is 4.66. The molecule has 0 saturated heterocycles. The first kappa shape index (κ1) is 11.3. The predicted octanol–water partition coefficient (Wildman–Crippen LogP) is 1.36. The van der Waals surface area contributed by atoms with Crippen LogP contribution in [-0.2, 0) is 6.54 Å². The molecule has 0 bridgehead atoms. The van der Waals surface area contributed by atoms with E-state index < -0.39 is 12.1 Å². The van der Waals surface area contributed by atoms with Crippen molar-refractivity contribution in [2.75, 3.05) is 7.11 Å². The summed E-state index contributed by atoms with van der Waals surface area (Å²) in [6, 6.07) is 3.03. The van der Waals surface area contributed by atoms with Crippen molar-refractivity contribution in [1.82, 2.24) is 4.98 Å². The molecule has 15 heavy (non-hydrogen) atoms. The Morgan fingerprint density at radius 3 is 2.73 bits per heavy atom. The highest BCUT2D eigenvalue weighted by Gasteiger charge is 2.20. The van der Waals surface area contributed by atoms with Crippen LogP contribution in [0.25, 0.3) is 0 Å². The Hall–Kier alpha value is -1.74. The number of aromatic nitrogens is 1. The minimum Gasteiger partial charge on any atom is -0.494 e. The lowest BCUT2D eigenvalue weighted by molar-refractivity contribution is 0.141. The summed E-state index contributed by atoms with van der Waals surface area (Å²) < 4.78 is 29.9. The molecule has 1 aromatic heterocycles. The normalized spacial score (nSPS) is 10.1. The Balaban J connectivity index is 3.40. The number of hydrogen-bond acceptors (Lipinski definition) is 4. The number of pyridine rings is 1. The molecule has 0 aromatic carbocycles. The molecule has 1 rings (SSSR count). The topological polar surface area (TPSA) is 71.9 Å². The molecule has 0 aliphatic carbocycles. The second-order valence-corrected chi connectivity index (χ2v) is 2.70. The summed E-state index contributed by atoms with van der Waals surface area (Å²) in [5, 5.41) is 8.59. The number of alkyl halides is 2. The number of nitrogens with zero attached hydrogens (tertiary/aromatic N) is 2. The van der Waals surface area contributed by atoms with Crippen molar-refractivity contribution in [3.63, 3.8) is 0 Å². The third kappa shape index (κ3) is 2.19. The van der Waals surface area contributed by atoms with E-state index in [1.165, 1.54) is 13.2 Å². The number of rotatable bonds is 3. The van der Waals surface area contributed by atoms with Crippen molar-refractivity contribution >= 4 is 0 Å². The fourth-order valence-electron chi connectivity index (χ4n) is 1.20. The zero-order valence-electron chi connectivity index (χ0n) is 8.00. The highest BCUT2D eigenvalue weighted by Crippen LogP contribution is 2.30. The van der Waals surface area contributed by atoms with Crippen molar-refractivity contribution < 1.29 is 13.5 Å². The predicted molar refractivity (Wildman–Crippen MR) is 48.4 cm³/mol. The molecule has 2 N–H and O–H groups in total. The zero-order chi connectivity index (χ0) is 11.4. The van der Waals surface area contributed by atoms with Crippen LogP contribution in [-0.4, -0.2) is 12.1 Å². The third-order valence-electron chi connectivity index (χ3n) is 1.82. The molecule has 0 atom stereocenters. The van der Waals surface area contributed by atoms with Gasteiger partial charge in [-0.1, -0.05) is 0 Å². The number of halogens is 2. The van der Waals surface area contributed by atoms with Crippen molar-refractivity contribution in [2.45, 2.75) is 13.0 Å². The van der Waals surface area contributed by atoms with Gasteiger partial charge >= 0.3 is 0 Å². The van der Waals surface area contributed by atoms with Crippen LogP contribution >= 0.6 is 0 Å². The van der Waals surface area contributed by atoms with Gasteiger partial charge in [-0.15, -0.1) is 0 Å². The first-order valence-corrected chi connectivity index (χ1v) is 4.10. The van der Waals surface area contributed by atoms with E-state index in [2.05, 4.69) is 4.98 Å². The maximum Gasteiger partial charge on any atom is 0.284 e. The molecular formula is C9H9F2N3O. The molecule has 80 valence electrons. The number of hydrogen-bond donors (Lipinski definition) is 1. The quantitative estimate of drug-likeness (QED) is 0.822. The van der Waals surface area contributed by atoms with Crippen LogP contribution in [0.1, 0.15) is 23.4 Å². The lowest BCUT2D eigenvalue weighted by atomic mass is 10.1. The summed E-state index contributed by atoms with van der Waals surface area (Å²) in [6.45, 7) is 0.0140. The Kier molecular flexibility index (Phi) is 3.52. The molecule has 0 radical (unpaired) electrons. The molecule has 1 aromatic rings. The van der Waals surface area contributed by atoms with E-state index in [1.807, 2.05) is 0 Å². The highest BCUT2D eigenvalue weighted by molar-refractivity contribution is 5.42. The second-order valence-electron chi connectivity index (χ2n) is 2.70. The van der Waals surface area contributed by atoms with E-state index in [9.17, 15) is 8.78 Å².